The molecule has 0 aliphatic heterocycles. The Morgan fingerprint density at radius 3 is 2.40 bits per heavy atom. The fraction of sp³-hybridized carbons (Fsp3) is 0.286. The summed E-state index contributed by atoms with van der Waals surface area (Å²) in [6.45, 7) is 3.26. The Morgan fingerprint density at radius 2 is 1.90 bits per heavy atom. The van der Waals surface area contributed by atoms with E-state index in [0.717, 1.165) is 4.47 Å². The standard InChI is InChI=1S/C14H15BrN2O3/c1-14(2,7-18)13-16-11(19)10(12(20)17-13)8-3-5-9(15)6-4-8/h3-6,18H,7H2,1-2H3,(H2,16,17,19,20). The second-order valence-corrected chi connectivity index (χ2v) is 6.08. The Balaban J connectivity index is 2.58. The Bertz CT molecular complexity index is 678. The van der Waals surface area contributed by atoms with E-state index < -0.39 is 11.0 Å². The molecule has 0 spiro atoms. The molecule has 2 rings (SSSR count). The van der Waals surface area contributed by atoms with Gasteiger partial charge in [-0.1, -0.05) is 41.9 Å². The normalized spacial score (nSPS) is 11.6. The van der Waals surface area contributed by atoms with E-state index >= 15 is 0 Å². The molecule has 0 saturated heterocycles. The average Bonchev–Trinajstić information content (AvgIpc) is 2.40. The summed E-state index contributed by atoms with van der Waals surface area (Å²) in [5.74, 6) is -0.0871. The average molecular weight is 339 g/mol. The summed E-state index contributed by atoms with van der Waals surface area (Å²) < 4.78 is 0.878. The first-order chi connectivity index (χ1) is 9.35. The molecular formula is C14H15BrN2O3. The number of hydrogen-bond acceptors (Lipinski definition) is 4. The molecule has 0 atom stereocenters. The van der Waals surface area contributed by atoms with Gasteiger partial charge in [0.1, 0.15) is 11.4 Å². The number of H-pyrrole nitrogens is 1. The van der Waals surface area contributed by atoms with Gasteiger partial charge >= 0.3 is 0 Å². The lowest BCUT2D eigenvalue weighted by molar-refractivity contribution is 0.210. The van der Waals surface area contributed by atoms with Crippen molar-refractivity contribution in [3.05, 3.63) is 44.9 Å². The van der Waals surface area contributed by atoms with Crippen molar-refractivity contribution < 1.29 is 10.2 Å². The number of aromatic amines is 1. The van der Waals surface area contributed by atoms with Crippen LogP contribution in [0.15, 0.2) is 33.5 Å². The van der Waals surface area contributed by atoms with E-state index in [2.05, 4.69) is 25.9 Å². The molecule has 2 aromatic rings. The fourth-order valence-corrected chi connectivity index (χ4v) is 2.00. The summed E-state index contributed by atoms with van der Waals surface area (Å²) in [7, 11) is 0. The lowest BCUT2D eigenvalue weighted by atomic mass is 9.93. The van der Waals surface area contributed by atoms with E-state index in [1.54, 1.807) is 38.1 Å². The first-order valence-electron chi connectivity index (χ1n) is 6.06. The highest BCUT2D eigenvalue weighted by Crippen LogP contribution is 2.27. The SMILES string of the molecule is CC(C)(CO)c1nc(O)c(-c2ccc(Br)cc2)c(=O)[nH]1. The molecule has 0 amide bonds. The maximum Gasteiger partial charge on any atom is 0.262 e. The van der Waals surface area contributed by atoms with Gasteiger partial charge in [0.05, 0.1) is 6.61 Å². The van der Waals surface area contributed by atoms with Gasteiger partial charge < -0.3 is 15.2 Å². The van der Waals surface area contributed by atoms with E-state index in [1.165, 1.54) is 0 Å². The molecule has 1 aromatic heterocycles. The van der Waals surface area contributed by atoms with Crippen LogP contribution in [0, 0.1) is 0 Å². The summed E-state index contributed by atoms with van der Waals surface area (Å²) in [5, 5.41) is 19.3. The molecule has 0 radical (unpaired) electrons. The molecular weight excluding hydrogens is 324 g/mol. The van der Waals surface area contributed by atoms with Crippen molar-refractivity contribution >= 4 is 15.9 Å². The highest BCUT2D eigenvalue weighted by Gasteiger charge is 2.25. The van der Waals surface area contributed by atoms with Gasteiger partial charge in [0.2, 0.25) is 5.88 Å². The molecule has 0 aliphatic carbocycles. The van der Waals surface area contributed by atoms with Crippen LogP contribution in [-0.2, 0) is 5.41 Å². The van der Waals surface area contributed by atoms with Crippen molar-refractivity contribution in [2.45, 2.75) is 19.3 Å². The lowest BCUT2D eigenvalue weighted by Gasteiger charge is -2.20. The molecule has 0 saturated carbocycles. The predicted molar refractivity (Wildman–Crippen MR) is 79.8 cm³/mol. The molecule has 5 nitrogen and oxygen atoms in total. The Hall–Kier alpha value is -1.66. The number of nitrogens with one attached hydrogen (secondary N) is 1. The summed E-state index contributed by atoms with van der Waals surface area (Å²) >= 11 is 3.31. The smallest absolute Gasteiger partial charge is 0.262 e. The number of benzene rings is 1. The second kappa shape index (κ2) is 5.38. The van der Waals surface area contributed by atoms with Crippen molar-refractivity contribution in [2.75, 3.05) is 6.61 Å². The van der Waals surface area contributed by atoms with Gasteiger partial charge in [-0.2, -0.15) is 4.98 Å². The third kappa shape index (κ3) is 2.76. The maximum absolute atomic E-state index is 12.2. The van der Waals surface area contributed by atoms with Crippen LogP contribution in [0.5, 0.6) is 5.88 Å². The van der Waals surface area contributed by atoms with E-state index in [1.807, 2.05) is 0 Å². The summed E-state index contributed by atoms with van der Waals surface area (Å²) in [6, 6.07) is 6.99. The number of halogens is 1. The minimum Gasteiger partial charge on any atom is -0.493 e. The highest BCUT2D eigenvalue weighted by molar-refractivity contribution is 9.10. The summed E-state index contributed by atoms with van der Waals surface area (Å²) in [5.41, 5.74) is -0.464. The maximum atomic E-state index is 12.2. The van der Waals surface area contributed by atoms with Crippen LogP contribution in [0.4, 0.5) is 0 Å². The zero-order valence-corrected chi connectivity index (χ0v) is 12.7. The molecule has 1 heterocycles. The number of aromatic hydroxyl groups is 1. The molecule has 106 valence electrons. The van der Waals surface area contributed by atoms with Gasteiger partial charge in [-0.05, 0) is 17.7 Å². The highest BCUT2D eigenvalue weighted by atomic mass is 79.9. The fourth-order valence-electron chi connectivity index (χ4n) is 1.73. The largest absolute Gasteiger partial charge is 0.493 e. The predicted octanol–water partition coefficient (Wildman–Crippen LogP) is 2.17. The third-order valence-electron chi connectivity index (χ3n) is 3.07. The van der Waals surface area contributed by atoms with Gasteiger partial charge in [-0.25, -0.2) is 0 Å². The number of hydrogen-bond donors (Lipinski definition) is 3. The van der Waals surface area contributed by atoms with Gasteiger partial charge in [-0.3, -0.25) is 4.79 Å². The Kier molecular flexibility index (Phi) is 3.96. The van der Waals surface area contributed by atoms with Crippen molar-refractivity contribution in [3.63, 3.8) is 0 Å². The summed E-state index contributed by atoms with van der Waals surface area (Å²) in [4.78, 5) is 18.8. The van der Waals surface area contributed by atoms with Crippen LogP contribution in [-0.4, -0.2) is 26.8 Å². The zero-order chi connectivity index (χ0) is 14.9. The molecule has 1 aromatic carbocycles. The van der Waals surface area contributed by atoms with Crippen LogP contribution < -0.4 is 5.56 Å². The molecule has 0 fully saturated rings. The third-order valence-corrected chi connectivity index (χ3v) is 3.60. The first kappa shape index (κ1) is 14.7. The van der Waals surface area contributed by atoms with Crippen molar-refractivity contribution in [2.24, 2.45) is 0 Å². The Labute approximate surface area is 124 Å². The molecule has 0 aliphatic rings. The van der Waals surface area contributed by atoms with E-state index in [9.17, 15) is 15.0 Å². The van der Waals surface area contributed by atoms with Crippen molar-refractivity contribution in [1.82, 2.24) is 9.97 Å². The zero-order valence-electron chi connectivity index (χ0n) is 11.1. The molecule has 0 bridgehead atoms. The van der Waals surface area contributed by atoms with E-state index in [4.69, 9.17) is 0 Å². The van der Waals surface area contributed by atoms with Crippen molar-refractivity contribution in [1.29, 1.82) is 0 Å². The van der Waals surface area contributed by atoms with Crippen LogP contribution in [0.3, 0.4) is 0 Å². The summed E-state index contributed by atoms with van der Waals surface area (Å²) in [6.07, 6.45) is 0. The van der Waals surface area contributed by atoms with Gasteiger partial charge in [0.25, 0.3) is 5.56 Å². The van der Waals surface area contributed by atoms with Crippen LogP contribution >= 0.6 is 15.9 Å². The molecule has 20 heavy (non-hydrogen) atoms. The topological polar surface area (TPSA) is 86.2 Å². The first-order valence-corrected chi connectivity index (χ1v) is 6.85. The Morgan fingerprint density at radius 1 is 1.30 bits per heavy atom. The monoisotopic (exact) mass is 338 g/mol. The van der Waals surface area contributed by atoms with Gasteiger partial charge in [0.15, 0.2) is 0 Å². The quantitative estimate of drug-likeness (QED) is 0.800. The minimum atomic E-state index is -0.727. The van der Waals surface area contributed by atoms with Gasteiger partial charge in [0, 0.05) is 9.89 Å². The van der Waals surface area contributed by atoms with Crippen molar-refractivity contribution in [3.8, 4) is 17.0 Å². The minimum absolute atomic E-state index is 0.120. The van der Waals surface area contributed by atoms with Crippen LogP contribution in [0.2, 0.25) is 0 Å². The molecule has 3 N–H and O–H groups in total. The van der Waals surface area contributed by atoms with E-state index in [-0.39, 0.29) is 23.9 Å². The van der Waals surface area contributed by atoms with Crippen LogP contribution in [0.25, 0.3) is 11.1 Å². The number of rotatable bonds is 3. The molecule has 6 heteroatoms. The molecule has 0 unspecified atom stereocenters. The number of aliphatic hydroxyl groups excluding tert-OH is 1. The number of nitrogens with zero attached hydrogens (tertiary/aromatic N) is 1. The van der Waals surface area contributed by atoms with Gasteiger partial charge in [-0.15, -0.1) is 0 Å². The van der Waals surface area contributed by atoms with E-state index in [0.29, 0.717) is 5.56 Å². The second-order valence-electron chi connectivity index (χ2n) is 5.16. The number of aromatic nitrogens is 2. The number of aliphatic hydroxyl groups is 1. The lowest BCUT2D eigenvalue weighted by Crippen LogP contribution is -2.28. The van der Waals surface area contributed by atoms with Crippen LogP contribution in [0.1, 0.15) is 19.7 Å².